The number of carbonyl (C=O) groups is 6. The molecule has 0 aromatic carbocycles. The predicted molar refractivity (Wildman–Crippen MR) is 199 cm³/mol. The van der Waals surface area contributed by atoms with Crippen LogP contribution >= 0.6 is 0 Å². The number of ketones is 2. The van der Waals surface area contributed by atoms with Crippen LogP contribution in [0.2, 0.25) is 0 Å². The van der Waals surface area contributed by atoms with Gasteiger partial charge in [-0.3, -0.25) is 28.9 Å². The minimum atomic E-state index is -1.49. The van der Waals surface area contributed by atoms with Crippen molar-refractivity contribution in [1.29, 1.82) is 0 Å². The summed E-state index contributed by atoms with van der Waals surface area (Å²) in [7, 11) is 1.65. The molecular formula is C40H54N8O6. The van der Waals surface area contributed by atoms with Gasteiger partial charge in [0, 0.05) is 18.6 Å². The highest BCUT2D eigenvalue weighted by Crippen LogP contribution is 2.45. The number of hydrogen-bond acceptors (Lipinski definition) is 12. The molecule has 3 amide bonds. The zero-order valence-corrected chi connectivity index (χ0v) is 31.6. The number of amides is 3. The Kier molecular flexibility index (Phi) is 14.0. The number of nitrogens with two attached hydrogens (primary N) is 1. The molecule has 0 radical (unpaired) electrons. The molecule has 0 spiro atoms. The molecule has 2 aliphatic carbocycles. The maximum Gasteiger partial charge on any atom is 0.253 e. The second kappa shape index (κ2) is 18.7. The van der Waals surface area contributed by atoms with Crippen molar-refractivity contribution >= 4 is 35.6 Å². The zero-order chi connectivity index (χ0) is 38.8. The number of hydrogen-bond donors (Lipinski definition) is 2. The molecular weight excluding hydrogens is 688 g/mol. The number of nitrogens with one attached hydrogen (secondary N) is 1. The first-order valence-electron chi connectivity index (χ1n) is 19.4. The summed E-state index contributed by atoms with van der Waals surface area (Å²) in [6.45, 7) is 3.75. The van der Waals surface area contributed by atoms with Crippen LogP contribution in [-0.2, 0) is 19.2 Å². The van der Waals surface area contributed by atoms with Crippen molar-refractivity contribution in [2.45, 2.75) is 121 Å². The molecule has 14 heteroatoms. The number of rotatable bonds is 16. The molecule has 2 aromatic rings. The van der Waals surface area contributed by atoms with Gasteiger partial charge in [0.25, 0.3) is 5.91 Å². The van der Waals surface area contributed by atoms with Crippen molar-refractivity contribution in [3.05, 3.63) is 60.3 Å². The van der Waals surface area contributed by atoms with Gasteiger partial charge >= 0.3 is 0 Å². The van der Waals surface area contributed by atoms with E-state index in [9.17, 15) is 28.8 Å². The number of likely N-dealkylation sites (N-methyl/N-ethyl adjacent to an activating group) is 1. The molecule has 0 saturated heterocycles. The van der Waals surface area contributed by atoms with Crippen molar-refractivity contribution in [3.63, 3.8) is 0 Å². The summed E-state index contributed by atoms with van der Waals surface area (Å²) in [5.41, 5.74) is 5.07. The highest BCUT2D eigenvalue weighted by atomic mass is 16.2. The van der Waals surface area contributed by atoms with Crippen molar-refractivity contribution in [2.24, 2.45) is 28.9 Å². The van der Waals surface area contributed by atoms with Gasteiger partial charge in [0.2, 0.25) is 11.8 Å². The first kappa shape index (κ1) is 40.6. The highest BCUT2D eigenvalue weighted by Gasteiger charge is 2.51. The van der Waals surface area contributed by atoms with Crippen LogP contribution in [-0.4, -0.2) is 97.0 Å². The number of imide groups is 1. The van der Waals surface area contributed by atoms with Crippen LogP contribution < -0.4 is 11.1 Å². The second-order valence-corrected chi connectivity index (χ2v) is 15.3. The largest absolute Gasteiger partial charge is 0.320 e. The van der Waals surface area contributed by atoms with Crippen molar-refractivity contribution in [1.82, 2.24) is 35.5 Å². The van der Waals surface area contributed by atoms with Gasteiger partial charge < -0.3 is 20.7 Å². The maximum absolute atomic E-state index is 14.5. The van der Waals surface area contributed by atoms with Crippen LogP contribution in [0.3, 0.4) is 0 Å². The third-order valence-electron chi connectivity index (χ3n) is 11.9. The normalized spacial score (nSPS) is 22.1. The molecule has 14 nitrogen and oxygen atoms in total. The monoisotopic (exact) mass is 742 g/mol. The van der Waals surface area contributed by atoms with E-state index in [1.807, 2.05) is 13.8 Å². The Morgan fingerprint density at radius 2 is 1.59 bits per heavy atom. The average Bonchev–Trinajstić information content (AvgIpc) is 3.72. The molecule has 3 aliphatic rings. The van der Waals surface area contributed by atoms with Gasteiger partial charge in [-0.2, -0.15) is 10.2 Å². The lowest BCUT2D eigenvalue weighted by Crippen LogP contribution is -2.59. The summed E-state index contributed by atoms with van der Waals surface area (Å²) < 4.78 is 0. The van der Waals surface area contributed by atoms with Gasteiger partial charge in [-0.1, -0.05) is 71.3 Å². The standard InChI is InChI=1S/C40H54N8O6/c1-4-26(2)34(41)39(54)48(29(25-49)22-27-12-6-5-7-13-27)38(53)33-17-11-21-47(33)37(52)32(42-3)23-28-14-8-18-40(24-28,35(50)30-15-9-19-43-45-30)36(51)31-16-10-20-44-46-31/h9-11,15-16,19-21,25-29,32-34,42H,4-8,12-14,17-18,22-24,41H2,1-3H3/t26-,28?,29-,32-,33+,34+/m1/s1. The first-order valence-corrected chi connectivity index (χ1v) is 19.4. The Morgan fingerprint density at radius 3 is 2.15 bits per heavy atom. The molecule has 2 saturated carbocycles. The lowest BCUT2D eigenvalue weighted by atomic mass is 9.62. The molecule has 1 unspecified atom stereocenters. The average molecular weight is 743 g/mol. The lowest BCUT2D eigenvalue weighted by molar-refractivity contribution is -0.156. The van der Waals surface area contributed by atoms with Gasteiger partial charge in [-0.15, -0.1) is 10.2 Å². The molecule has 2 aromatic heterocycles. The first-order chi connectivity index (χ1) is 26.1. The van der Waals surface area contributed by atoms with E-state index in [1.54, 1.807) is 31.5 Å². The van der Waals surface area contributed by atoms with Gasteiger partial charge in [0.15, 0.2) is 11.6 Å². The fourth-order valence-corrected chi connectivity index (χ4v) is 8.50. The topological polar surface area (TPSA) is 199 Å². The molecule has 3 N–H and O–H groups in total. The Bertz CT molecular complexity index is 1620. The van der Waals surface area contributed by atoms with E-state index in [2.05, 4.69) is 25.7 Å². The van der Waals surface area contributed by atoms with Crippen molar-refractivity contribution < 1.29 is 28.8 Å². The van der Waals surface area contributed by atoms with Gasteiger partial charge in [-0.05, 0) is 81.2 Å². The Labute approximate surface area is 317 Å². The molecule has 2 fully saturated rings. The number of aromatic nitrogens is 4. The lowest BCUT2D eigenvalue weighted by Gasteiger charge is -2.39. The zero-order valence-electron chi connectivity index (χ0n) is 31.6. The van der Waals surface area contributed by atoms with E-state index in [1.165, 1.54) is 29.4 Å². The predicted octanol–water partition coefficient (Wildman–Crippen LogP) is 3.87. The van der Waals surface area contributed by atoms with E-state index in [4.69, 9.17) is 5.73 Å². The number of Topliss-reactive ketones (excluding diaryl/α,β-unsaturated/α-hetero) is 2. The summed E-state index contributed by atoms with van der Waals surface area (Å²) in [4.78, 5) is 86.3. The van der Waals surface area contributed by atoms with Gasteiger partial charge in [0.05, 0.1) is 18.1 Å². The summed E-state index contributed by atoms with van der Waals surface area (Å²) in [6, 6.07) is 2.45. The van der Waals surface area contributed by atoms with E-state index < -0.39 is 58.9 Å². The van der Waals surface area contributed by atoms with Crippen LogP contribution in [0.15, 0.2) is 48.9 Å². The van der Waals surface area contributed by atoms with Gasteiger partial charge in [-0.25, -0.2) is 0 Å². The van der Waals surface area contributed by atoms with Crippen LogP contribution in [0, 0.1) is 23.2 Å². The van der Waals surface area contributed by atoms with E-state index in [0.717, 1.165) is 37.0 Å². The number of carbonyl (C=O) groups excluding carboxylic acids is 6. The number of nitrogens with zero attached hydrogens (tertiary/aromatic N) is 6. The summed E-state index contributed by atoms with van der Waals surface area (Å²) >= 11 is 0. The van der Waals surface area contributed by atoms with Crippen LogP contribution in [0.1, 0.15) is 118 Å². The Hall–Kier alpha value is -4.56. The second-order valence-electron chi connectivity index (χ2n) is 15.3. The van der Waals surface area contributed by atoms with Crippen LogP contribution in [0.5, 0.6) is 0 Å². The molecule has 54 heavy (non-hydrogen) atoms. The highest BCUT2D eigenvalue weighted by molar-refractivity contribution is 6.18. The molecule has 290 valence electrons. The van der Waals surface area contributed by atoms with E-state index >= 15 is 0 Å². The van der Waals surface area contributed by atoms with E-state index in [0.29, 0.717) is 32.0 Å². The smallest absolute Gasteiger partial charge is 0.253 e. The third-order valence-corrected chi connectivity index (χ3v) is 11.9. The minimum Gasteiger partial charge on any atom is -0.320 e. The molecule has 5 rings (SSSR count). The molecule has 1 aliphatic heterocycles. The number of aldehydes is 1. The molecule has 6 atom stereocenters. The Balaban J connectivity index is 1.38. The summed E-state index contributed by atoms with van der Waals surface area (Å²) in [5, 5.41) is 18.9. The quantitative estimate of drug-likeness (QED) is 0.143. The molecule has 0 bridgehead atoms. The SMILES string of the molecule is CC[C@@H](C)[C@H](N)C(=O)N(C(=O)[C@@H]1CC=CN1C(=O)[C@@H](CC1CCCC(C(=O)c2cccnn2)(C(=O)c2cccnn2)C1)NC)[C@@H](C=O)CC1CCCCC1. The van der Waals surface area contributed by atoms with Crippen molar-refractivity contribution in [2.75, 3.05) is 7.05 Å². The summed E-state index contributed by atoms with van der Waals surface area (Å²) in [5.74, 6) is -2.80. The Morgan fingerprint density at radius 1 is 0.963 bits per heavy atom. The maximum atomic E-state index is 14.5. The summed E-state index contributed by atoms with van der Waals surface area (Å²) in [6.07, 6.45) is 15.0. The minimum absolute atomic E-state index is 0.0736. The fraction of sp³-hybridized carbons (Fsp3) is 0.600. The third kappa shape index (κ3) is 8.86. The van der Waals surface area contributed by atoms with Crippen LogP contribution in [0.4, 0.5) is 0 Å². The van der Waals surface area contributed by atoms with Gasteiger partial charge in [0.1, 0.15) is 29.1 Å². The fourth-order valence-electron chi connectivity index (χ4n) is 8.50. The van der Waals surface area contributed by atoms with Crippen LogP contribution in [0.25, 0.3) is 0 Å². The van der Waals surface area contributed by atoms with E-state index in [-0.39, 0.29) is 54.8 Å². The molecule has 3 heterocycles. The van der Waals surface area contributed by atoms with Crippen molar-refractivity contribution in [3.8, 4) is 0 Å².